The Bertz CT molecular complexity index is 1250. The van der Waals surface area contributed by atoms with E-state index in [1.807, 2.05) is 41.3 Å². The number of benzene rings is 1. The fraction of sp³-hybridized carbons (Fsp3) is 0.414. The van der Waals surface area contributed by atoms with Gasteiger partial charge in [-0.1, -0.05) is 12.1 Å². The first kappa shape index (κ1) is 23.1. The summed E-state index contributed by atoms with van der Waals surface area (Å²) in [5.41, 5.74) is 4.56. The maximum atomic E-state index is 13.5. The van der Waals surface area contributed by atoms with Gasteiger partial charge in [0.25, 0.3) is 5.91 Å². The van der Waals surface area contributed by atoms with Crippen LogP contribution in [-0.2, 0) is 6.42 Å². The van der Waals surface area contributed by atoms with Crippen molar-refractivity contribution in [2.45, 2.75) is 25.7 Å². The molecule has 4 heterocycles. The first-order chi connectivity index (χ1) is 17.7. The number of piperazine rings is 1. The number of hydrogen-bond acceptors (Lipinski definition) is 6. The Morgan fingerprint density at radius 3 is 2.28 bits per heavy atom. The van der Waals surface area contributed by atoms with Crippen LogP contribution in [0.25, 0.3) is 22.5 Å². The van der Waals surface area contributed by atoms with E-state index in [4.69, 9.17) is 4.42 Å². The Balaban J connectivity index is 1.21. The van der Waals surface area contributed by atoms with Gasteiger partial charge in [-0.2, -0.15) is 0 Å². The Kier molecular flexibility index (Phi) is 6.42. The number of aromatic nitrogens is 1. The highest BCUT2D eigenvalue weighted by Crippen LogP contribution is 2.37. The van der Waals surface area contributed by atoms with Gasteiger partial charge in [0.2, 0.25) is 0 Å². The number of hydrogen-bond donors (Lipinski definition) is 0. The summed E-state index contributed by atoms with van der Waals surface area (Å²) in [5.74, 6) is 1.16. The quantitative estimate of drug-likeness (QED) is 0.527. The zero-order chi connectivity index (χ0) is 24.5. The van der Waals surface area contributed by atoms with E-state index in [9.17, 15) is 9.59 Å². The van der Waals surface area contributed by atoms with Gasteiger partial charge in [0.15, 0.2) is 11.5 Å². The van der Waals surface area contributed by atoms with Crippen LogP contribution in [0.5, 0.6) is 0 Å². The fourth-order valence-electron chi connectivity index (χ4n) is 5.67. The number of ketones is 1. The van der Waals surface area contributed by atoms with E-state index in [1.54, 1.807) is 12.4 Å². The van der Waals surface area contributed by atoms with Gasteiger partial charge >= 0.3 is 0 Å². The molecule has 3 aliphatic rings. The predicted octanol–water partition coefficient (Wildman–Crippen LogP) is 3.99. The molecular weight excluding hydrogens is 452 g/mol. The van der Waals surface area contributed by atoms with Gasteiger partial charge < -0.3 is 14.2 Å². The minimum atomic E-state index is -0.0629. The SMILES string of the molecule is O=C1CCc2cc(-c3oc(C(=O)N4CCN(CCN5CCCC5)CC4)cc3-c3ccncc3)ccc21. The Morgan fingerprint density at radius 1 is 0.806 bits per heavy atom. The third kappa shape index (κ3) is 4.61. The molecule has 0 N–H and O–H groups in total. The molecule has 0 atom stereocenters. The summed E-state index contributed by atoms with van der Waals surface area (Å²) >= 11 is 0. The van der Waals surface area contributed by atoms with E-state index in [0.29, 0.717) is 31.0 Å². The molecule has 0 unspecified atom stereocenters. The maximum absolute atomic E-state index is 13.5. The number of Topliss-reactive ketones (excluding diaryl/α,β-unsaturated/α-hetero) is 1. The average molecular weight is 485 g/mol. The van der Waals surface area contributed by atoms with Crippen LogP contribution >= 0.6 is 0 Å². The molecule has 0 bridgehead atoms. The molecule has 7 heteroatoms. The second-order valence-corrected chi connectivity index (χ2v) is 10.1. The van der Waals surface area contributed by atoms with E-state index in [-0.39, 0.29) is 11.7 Å². The summed E-state index contributed by atoms with van der Waals surface area (Å²) in [6.07, 6.45) is 7.44. The van der Waals surface area contributed by atoms with Crippen molar-refractivity contribution in [3.63, 3.8) is 0 Å². The maximum Gasteiger partial charge on any atom is 0.289 e. The highest BCUT2D eigenvalue weighted by molar-refractivity contribution is 6.01. The second-order valence-electron chi connectivity index (χ2n) is 10.1. The minimum absolute atomic E-state index is 0.0629. The van der Waals surface area contributed by atoms with Gasteiger partial charge in [0.1, 0.15) is 5.76 Å². The molecule has 0 radical (unpaired) electrons. The largest absolute Gasteiger partial charge is 0.450 e. The van der Waals surface area contributed by atoms with Crippen LogP contribution in [0.1, 0.15) is 45.7 Å². The van der Waals surface area contributed by atoms with Crippen molar-refractivity contribution in [1.82, 2.24) is 19.7 Å². The summed E-state index contributed by atoms with van der Waals surface area (Å²) in [5, 5.41) is 0. The molecule has 0 saturated carbocycles. The van der Waals surface area contributed by atoms with Crippen molar-refractivity contribution in [3.8, 4) is 22.5 Å². The molecule has 1 aliphatic carbocycles. The van der Waals surface area contributed by atoms with Gasteiger partial charge in [-0.15, -0.1) is 0 Å². The van der Waals surface area contributed by atoms with Crippen molar-refractivity contribution < 1.29 is 14.0 Å². The molecule has 0 spiro atoms. The van der Waals surface area contributed by atoms with Crippen LogP contribution in [0.3, 0.4) is 0 Å². The molecule has 36 heavy (non-hydrogen) atoms. The standard InChI is InChI=1S/C29H32N4O3/c34-26-6-4-22-19-23(3-5-24(22)26)28-25(21-7-9-30-10-8-21)20-27(36-28)29(35)33-17-15-32(16-18-33)14-13-31-11-1-2-12-31/h3,5,7-10,19-20H,1-2,4,6,11-18H2. The van der Waals surface area contributed by atoms with Gasteiger partial charge in [0, 0.05) is 74.8 Å². The van der Waals surface area contributed by atoms with Crippen LogP contribution in [0, 0.1) is 0 Å². The molecule has 1 aromatic carbocycles. The lowest BCUT2D eigenvalue weighted by Gasteiger charge is -2.35. The topological polar surface area (TPSA) is 69.9 Å². The first-order valence-electron chi connectivity index (χ1n) is 13.1. The van der Waals surface area contributed by atoms with Crippen LogP contribution in [0.4, 0.5) is 0 Å². The van der Waals surface area contributed by atoms with Gasteiger partial charge in [0.05, 0.1) is 0 Å². The lowest BCUT2D eigenvalue weighted by molar-refractivity contribution is 0.0597. The van der Waals surface area contributed by atoms with Crippen LogP contribution in [0.15, 0.2) is 53.2 Å². The average Bonchev–Trinajstić information content (AvgIpc) is 3.68. The van der Waals surface area contributed by atoms with Gasteiger partial charge in [-0.3, -0.25) is 19.5 Å². The summed E-state index contributed by atoms with van der Waals surface area (Å²) in [6, 6.07) is 11.6. The number of furan rings is 1. The van der Waals surface area contributed by atoms with Crippen molar-refractivity contribution >= 4 is 11.7 Å². The molecule has 2 saturated heterocycles. The molecular formula is C29H32N4O3. The highest BCUT2D eigenvalue weighted by atomic mass is 16.4. The van der Waals surface area contributed by atoms with Crippen LogP contribution < -0.4 is 0 Å². The summed E-state index contributed by atoms with van der Waals surface area (Å²) in [4.78, 5) is 36.6. The zero-order valence-corrected chi connectivity index (χ0v) is 20.6. The molecule has 1 amide bonds. The number of carbonyl (C=O) groups excluding carboxylic acids is 2. The van der Waals surface area contributed by atoms with E-state index < -0.39 is 0 Å². The minimum Gasteiger partial charge on any atom is -0.450 e. The van der Waals surface area contributed by atoms with Crippen molar-refractivity contribution in [2.75, 3.05) is 52.4 Å². The fourth-order valence-corrected chi connectivity index (χ4v) is 5.67. The van der Waals surface area contributed by atoms with E-state index in [1.165, 1.54) is 25.9 Å². The highest BCUT2D eigenvalue weighted by Gasteiger charge is 2.28. The third-order valence-corrected chi connectivity index (χ3v) is 7.81. The normalized spacial score (nSPS) is 18.7. The number of aryl methyl sites for hydroxylation is 1. The first-order valence-corrected chi connectivity index (χ1v) is 13.1. The lowest BCUT2D eigenvalue weighted by Crippen LogP contribution is -2.50. The van der Waals surface area contributed by atoms with Crippen LogP contribution in [-0.4, -0.2) is 83.7 Å². The molecule has 3 aromatic rings. The predicted molar refractivity (Wildman–Crippen MR) is 138 cm³/mol. The molecule has 6 rings (SSSR count). The van der Waals surface area contributed by atoms with E-state index in [0.717, 1.165) is 60.4 Å². The van der Waals surface area contributed by atoms with Crippen LogP contribution in [0.2, 0.25) is 0 Å². The monoisotopic (exact) mass is 484 g/mol. The Morgan fingerprint density at radius 2 is 1.53 bits per heavy atom. The number of rotatable bonds is 6. The summed E-state index contributed by atoms with van der Waals surface area (Å²) in [7, 11) is 0. The van der Waals surface area contributed by atoms with E-state index in [2.05, 4.69) is 14.8 Å². The van der Waals surface area contributed by atoms with Gasteiger partial charge in [-0.05, 0) is 67.7 Å². The Hall–Kier alpha value is -3.29. The molecule has 2 fully saturated rings. The van der Waals surface area contributed by atoms with Crippen molar-refractivity contribution in [1.29, 1.82) is 0 Å². The number of amides is 1. The van der Waals surface area contributed by atoms with Gasteiger partial charge in [-0.25, -0.2) is 0 Å². The summed E-state index contributed by atoms with van der Waals surface area (Å²) in [6.45, 7) is 7.84. The molecule has 186 valence electrons. The number of nitrogens with zero attached hydrogens (tertiary/aromatic N) is 4. The van der Waals surface area contributed by atoms with E-state index >= 15 is 0 Å². The Labute approximate surface area is 211 Å². The summed E-state index contributed by atoms with van der Waals surface area (Å²) < 4.78 is 6.28. The number of pyridine rings is 1. The third-order valence-electron chi connectivity index (χ3n) is 7.81. The molecule has 7 nitrogen and oxygen atoms in total. The smallest absolute Gasteiger partial charge is 0.289 e. The van der Waals surface area contributed by atoms with Crippen molar-refractivity contribution in [3.05, 3.63) is 65.7 Å². The van der Waals surface area contributed by atoms with Crippen molar-refractivity contribution in [2.24, 2.45) is 0 Å². The number of fused-ring (bicyclic) bond motifs is 1. The zero-order valence-electron chi connectivity index (χ0n) is 20.6. The lowest BCUT2D eigenvalue weighted by atomic mass is 9.99. The second kappa shape index (κ2) is 9.99. The number of likely N-dealkylation sites (tertiary alicyclic amines) is 1. The molecule has 2 aliphatic heterocycles. The molecule has 2 aromatic heterocycles. The number of carbonyl (C=O) groups is 2.